The van der Waals surface area contributed by atoms with Gasteiger partial charge in [0.05, 0.1) is 17.5 Å². The van der Waals surface area contributed by atoms with Crippen LogP contribution in [0.5, 0.6) is 0 Å². The highest BCUT2D eigenvalue weighted by molar-refractivity contribution is 6.11. The number of likely N-dealkylation sites (N-methyl/N-ethyl adjacent to an activating group) is 2. The van der Waals surface area contributed by atoms with Crippen molar-refractivity contribution in [1.82, 2.24) is 4.90 Å². The lowest BCUT2D eigenvalue weighted by Crippen LogP contribution is -2.29. The summed E-state index contributed by atoms with van der Waals surface area (Å²) in [5.41, 5.74) is 2.49. The molecule has 0 unspecified atom stereocenters. The fourth-order valence-electron chi connectivity index (χ4n) is 2.29. The van der Waals surface area contributed by atoms with Crippen molar-refractivity contribution in [2.45, 2.75) is 0 Å². The van der Waals surface area contributed by atoms with Gasteiger partial charge in [0.1, 0.15) is 5.58 Å². The molecule has 0 spiro atoms. The maximum absolute atomic E-state index is 12.4. The summed E-state index contributed by atoms with van der Waals surface area (Å²) in [5, 5.41) is 0.896. The largest absolute Gasteiger partial charge is 0.464 e. The van der Waals surface area contributed by atoms with Gasteiger partial charge < -0.3 is 14.2 Å². The molecule has 2 heterocycles. The molecule has 1 aromatic carbocycles. The zero-order valence-corrected chi connectivity index (χ0v) is 9.93. The molecule has 1 aliphatic rings. The molecule has 17 heavy (non-hydrogen) atoms. The van der Waals surface area contributed by atoms with Gasteiger partial charge in [-0.05, 0) is 18.2 Å². The van der Waals surface area contributed by atoms with Crippen LogP contribution in [-0.4, -0.2) is 38.0 Å². The third-order valence-corrected chi connectivity index (χ3v) is 3.36. The minimum Gasteiger partial charge on any atom is -0.464 e. The number of hydrogen-bond donors (Lipinski definition) is 0. The second-order valence-corrected chi connectivity index (χ2v) is 4.44. The highest BCUT2D eigenvalue weighted by Crippen LogP contribution is 2.31. The Bertz CT molecular complexity index is 588. The van der Waals surface area contributed by atoms with Gasteiger partial charge in [0.25, 0.3) is 5.91 Å². The molecule has 1 aromatic heterocycles. The average molecular weight is 230 g/mol. The first-order valence-corrected chi connectivity index (χ1v) is 5.65. The fraction of sp³-hybridized carbons (Fsp3) is 0.308. The van der Waals surface area contributed by atoms with Crippen molar-refractivity contribution in [3.05, 3.63) is 30.0 Å². The number of carbonyl (C=O) groups is 1. The van der Waals surface area contributed by atoms with Crippen molar-refractivity contribution < 1.29 is 9.21 Å². The number of amides is 1. The van der Waals surface area contributed by atoms with E-state index in [1.807, 2.05) is 32.3 Å². The van der Waals surface area contributed by atoms with Crippen LogP contribution in [0.25, 0.3) is 11.0 Å². The van der Waals surface area contributed by atoms with Gasteiger partial charge in [-0.3, -0.25) is 4.79 Å². The molecule has 0 N–H and O–H groups in total. The van der Waals surface area contributed by atoms with Crippen LogP contribution in [0.2, 0.25) is 0 Å². The van der Waals surface area contributed by atoms with Crippen LogP contribution in [0.4, 0.5) is 5.69 Å². The van der Waals surface area contributed by atoms with Crippen LogP contribution >= 0.6 is 0 Å². The molecule has 0 aliphatic carbocycles. The number of hydrogen-bond acceptors (Lipinski definition) is 3. The summed E-state index contributed by atoms with van der Waals surface area (Å²) in [6.45, 7) is 1.59. The van der Waals surface area contributed by atoms with Gasteiger partial charge in [0.15, 0.2) is 0 Å². The van der Waals surface area contributed by atoms with Crippen molar-refractivity contribution in [2.75, 3.05) is 32.1 Å². The molecule has 0 saturated carbocycles. The molecule has 4 nitrogen and oxygen atoms in total. The van der Waals surface area contributed by atoms with E-state index < -0.39 is 0 Å². The van der Waals surface area contributed by atoms with E-state index in [0.717, 1.165) is 35.3 Å². The summed E-state index contributed by atoms with van der Waals surface area (Å²) in [4.78, 5) is 16.2. The van der Waals surface area contributed by atoms with Crippen molar-refractivity contribution >= 4 is 22.6 Å². The zero-order valence-electron chi connectivity index (χ0n) is 9.93. The normalized spacial score (nSPS) is 16.2. The first-order chi connectivity index (χ1) is 8.18. The van der Waals surface area contributed by atoms with Gasteiger partial charge in [-0.25, -0.2) is 0 Å². The lowest BCUT2D eigenvalue weighted by atomic mass is 10.1. The molecule has 0 saturated heterocycles. The molecule has 1 amide bonds. The molecular formula is C13H14N2O2. The van der Waals surface area contributed by atoms with E-state index in [1.165, 1.54) is 0 Å². The molecular weight excluding hydrogens is 216 g/mol. The molecule has 0 fully saturated rings. The molecule has 3 rings (SSSR count). The number of nitrogens with zero attached hydrogens (tertiary/aromatic N) is 2. The summed E-state index contributed by atoms with van der Waals surface area (Å²) in [6, 6.07) is 5.74. The van der Waals surface area contributed by atoms with Crippen molar-refractivity contribution in [2.24, 2.45) is 0 Å². The Morgan fingerprint density at radius 1 is 1.12 bits per heavy atom. The average Bonchev–Trinajstić information content (AvgIpc) is 2.77. The number of benzene rings is 1. The number of rotatable bonds is 0. The van der Waals surface area contributed by atoms with Crippen LogP contribution in [0.1, 0.15) is 10.4 Å². The Morgan fingerprint density at radius 3 is 2.71 bits per heavy atom. The van der Waals surface area contributed by atoms with Crippen molar-refractivity contribution in [1.29, 1.82) is 0 Å². The van der Waals surface area contributed by atoms with Gasteiger partial charge in [-0.2, -0.15) is 0 Å². The number of furan rings is 1. The molecule has 0 radical (unpaired) electrons. The lowest BCUT2D eigenvalue weighted by Gasteiger charge is -2.17. The third kappa shape index (κ3) is 1.40. The predicted octanol–water partition coefficient (Wildman–Crippen LogP) is 1.95. The van der Waals surface area contributed by atoms with E-state index in [2.05, 4.69) is 4.90 Å². The van der Waals surface area contributed by atoms with Crippen molar-refractivity contribution in [3.8, 4) is 0 Å². The van der Waals surface area contributed by atoms with Crippen LogP contribution < -0.4 is 4.90 Å². The highest BCUT2D eigenvalue weighted by atomic mass is 16.3. The molecule has 2 aromatic rings. The molecule has 88 valence electrons. The zero-order chi connectivity index (χ0) is 12.0. The SMILES string of the molecule is CN1CCN(C)c2ccc3occc3c2C1=O. The number of carbonyl (C=O) groups excluding carboxylic acids is 1. The molecule has 0 bridgehead atoms. The van der Waals surface area contributed by atoms with Crippen LogP contribution in [0.3, 0.4) is 0 Å². The van der Waals surface area contributed by atoms with E-state index in [9.17, 15) is 4.79 Å². The summed E-state index contributed by atoms with van der Waals surface area (Å²) in [5.74, 6) is 0.0661. The first-order valence-electron chi connectivity index (χ1n) is 5.65. The number of fused-ring (bicyclic) bond motifs is 3. The van der Waals surface area contributed by atoms with Gasteiger partial charge in [0.2, 0.25) is 0 Å². The minimum absolute atomic E-state index is 0.0661. The van der Waals surface area contributed by atoms with E-state index >= 15 is 0 Å². The number of anilines is 1. The Balaban J connectivity index is 2.34. The Kier molecular flexibility index (Phi) is 2.11. The van der Waals surface area contributed by atoms with E-state index in [1.54, 1.807) is 11.2 Å². The highest BCUT2D eigenvalue weighted by Gasteiger charge is 2.25. The van der Waals surface area contributed by atoms with E-state index in [-0.39, 0.29) is 5.91 Å². The van der Waals surface area contributed by atoms with Gasteiger partial charge in [0, 0.05) is 32.6 Å². The second kappa shape index (κ2) is 3.52. The molecule has 1 aliphatic heterocycles. The minimum atomic E-state index is 0.0661. The topological polar surface area (TPSA) is 36.7 Å². The summed E-state index contributed by atoms with van der Waals surface area (Å²) < 4.78 is 5.35. The van der Waals surface area contributed by atoms with Crippen molar-refractivity contribution in [3.63, 3.8) is 0 Å². The summed E-state index contributed by atoms with van der Waals surface area (Å²) >= 11 is 0. The Labute approximate surface area is 99.4 Å². The van der Waals surface area contributed by atoms with Crippen LogP contribution in [0.15, 0.2) is 28.9 Å². The standard InChI is InChI=1S/C13H14N2O2/c1-14-6-7-15(2)13(16)12-9-5-8-17-11(9)4-3-10(12)14/h3-5,8H,6-7H2,1-2H3. The maximum Gasteiger partial charge on any atom is 0.256 e. The van der Waals surface area contributed by atoms with E-state index in [4.69, 9.17) is 4.42 Å². The fourth-order valence-corrected chi connectivity index (χ4v) is 2.29. The van der Waals surface area contributed by atoms with Gasteiger partial charge in [-0.1, -0.05) is 0 Å². The lowest BCUT2D eigenvalue weighted by molar-refractivity contribution is 0.0806. The monoisotopic (exact) mass is 230 g/mol. The smallest absolute Gasteiger partial charge is 0.256 e. The Hall–Kier alpha value is -1.97. The summed E-state index contributed by atoms with van der Waals surface area (Å²) in [6.07, 6.45) is 1.63. The van der Waals surface area contributed by atoms with Gasteiger partial charge >= 0.3 is 0 Å². The summed E-state index contributed by atoms with van der Waals surface area (Å²) in [7, 11) is 3.85. The van der Waals surface area contributed by atoms with E-state index in [0.29, 0.717) is 0 Å². The quantitative estimate of drug-likeness (QED) is 0.694. The predicted molar refractivity (Wildman–Crippen MR) is 66.4 cm³/mol. The third-order valence-electron chi connectivity index (χ3n) is 3.36. The molecule has 0 atom stereocenters. The Morgan fingerprint density at radius 2 is 1.88 bits per heavy atom. The van der Waals surface area contributed by atoms with Crippen LogP contribution in [0, 0.1) is 0 Å². The first kappa shape index (κ1) is 10.2. The molecule has 4 heteroatoms. The maximum atomic E-state index is 12.4. The van der Waals surface area contributed by atoms with Crippen LogP contribution in [-0.2, 0) is 0 Å². The second-order valence-electron chi connectivity index (χ2n) is 4.44. The van der Waals surface area contributed by atoms with Gasteiger partial charge in [-0.15, -0.1) is 0 Å².